The molecule has 1 saturated carbocycles. The van der Waals surface area contributed by atoms with Crippen LogP contribution < -0.4 is 4.57 Å². The molecule has 1 aliphatic carbocycles. The lowest BCUT2D eigenvalue weighted by molar-refractivity contribution is -0.670. The fourth-order valence-corrected chi connectivity index (χ4v) is 2.55. The standard InChI is InChI=1S/C13H22N3O/c1-14-9-10-16(11-14)13(17)15(2)12-7-5-3-4-6-8-12/h9-12H,3-8H2,1-2H3/q+1. The van der Waals surface area contributed by atoms with Crippen molar-refractivity contribution in [2.75, 3.05) is 7.05 Å². The number of amides is 1. The predicted octanol–water partition coefficient (Wildman–Crippen LogP) is 1.94. The molecule has 4 nitrogen and oxygen atoms in total. The van der Waals surface area contributed by atoms with Crippen LogP contribution in [0.2, 0.25) is 0 Å². The van der Waals surface area contributed by atoms with Crippen molar-refractivity contribution in [2.24, 2.45) is 7.05 Å². The van der Waals surface area contributed by atoms with Crippen molar-refractivity contribution in [3.63, 3.8) is 0 Å². The summed E-state index contributed by atoms with van der Waals surface area (Å²) in [4.78, 5) is 14.2. The summed E-state index contributed by atoms with van der Waals surface area (Å²) in [5.74, 6) is 0. The van der Waals surface area contributed by atoms with E-state index in [-0.39, 0.29) is 6.03 Å². The molecule has 94 valence electrons. The summed E-state index contributed by atoms with van der Waals surface area (Å²) < 4.78 is 3.55. The van der Waals surface area contributed by atoms with Gasteiger partial charge in [-0.2, -0.15) is 4.57 Å². The van der Waals surface area contributed by atoms with Crippen molar-refractivity contribution in [1.29, 1.82) is 0 Å². The number of imidazole rings is 1. The van der Waals surface area contributed by atoms with Gasteiger partial charge in [0.15, 0.2) is 0 Å². The first-order valence-electron chi connectivity index (χ1n) is 6.49. The number of carbonyl (C=O) groups excluding carboxylic acids is 1. The summed E-state index contributed by atoms with van der Waals surface area (Å²) in [5, 5.41) is 0. The zero-order chi connectivity index (χ0) is 12.3. The number of aryl methyl sites for hydroxylation is 1. The SMILES string of the molecule is CN(C(=O)n1cc[n+](C)c1)C1CCCCCC1. The Balaban J connectivity index is 2.03. The fourth-order valence-electron chi connectivity index (χ4n) is 2.55. The molecule has 0 atom stereocenters. The number of carbonyl (C=O) groups is 1. The Morgan fingerprint density at radius 3 is 2.47 bits per heavy atom. The summed E-state index contributed by atoms with van der Waals surface area (Å²) in [5.41, 5.74) is 0. The second-order valence-electron chi connectivity index (χ2n) is 5.03. The van der Waals surface area contributed by atoms with E-state index < -0.39 is 0 Å². The smallest absolute Gasteiger partial charge is 0.304 e. The summed E-state index contributed by atoms with van der Waals surface area (Å²) in [6, 6.07) is 0.496. The van der Waals surface area contributed by atoms with Crippen LogP contribution in [0.15, 0.2) is 18.7 Å². The van der Waals surface area contributed by atoms with Crippen LogP contribution >= 0.6 is 0 Å². The van der Waals surface area contributed by atoms with Crippen LogP contribution in [0.4, 0.5) is 4.79 Å². The first-order valence-corrected chi connectivity index (χ1v) is 6.49. The van der Waals surface area contributed by atoms with Crippen LogP contribution in [-0.2, 0) is 7.05 Å². The van der Waals surface area contributed by atoms with Crippen LogP contribution in [0.5, 0.6) is 0 Å². The molecule has 0 N–H and O–H groups in total. The average molecular weight is 236 g/mol. The second-order valence-corrected chi connectivity index (χ2v) is 5.03. The molecule has 0 radical (unpaired) electrons. The fraction of sp³-hybridized carbons (Fsp3) is 0.692. The van der Waals surface area contributed by atoms with Gasteiger partial charge in [0, 0.05) is 13.1 Å². The van der Waals surface area contributed by atoms with Crippen molar-refractivity contribution < 1.29 is 9.36 Å². The average Bonchev–Trinajstić information content (AvgIpc) is 2.60. The van der Waals surface area contributed by atoms with E-state index in [1.54, 1.807) is 4.57 Å². The van der Waals surface area contributed by atoms with Crippen LogP contribution in [0.1, 0.15) is 38.5 Å². The highest BCUT2D eigenvalue weighted by molar-refractivity contribution is 5.76. The Labute approximate surface area is 103 Å². The minimum absolute atomic E-state index is 0.0810. The highest BCUT2D eigenvalue weighted by atomic mass is 16.2. The van der Waals surface area contributed by atoms with Gasteiger partial charge in [0.25, 0.3) is 6.33 Å². The highest BCUT2D eigenvalue weighted by Gasteiger charge is 2.25. The molecule has 4 heteroatoms. The van der Waals surface area contributed by atoms with Gasteiger partial charge in [0.1, 0.15) is 12.4 Å². The minimum atomic E-state index is 0.0810. The molecule has 0 unspecified atom stereocenters. The normalized spacial score (nSPS) is 17.8. The largest absolute Gasteiger partial charge is 0.415 e. The Kier molecular flexibility index (Phi) is 3.82. The molecule has 1 heterocycles. The van der Waals surface area contributed by atoms with E-state index in [1.807, 2.05) is 42.3 Å². The van der Waals surface area contributed by atoms with Crippen LogP contribution in [-0.4, -0.2) is 28.6 Å². The molecule has 1 fully saturated rings. The van der Waals surface area contributed by atoms with E-state index in [0.717, 1.165) is 12.8 Å². The van der Waals surface area contributed by atoms with Gasteiger partial charge in [-0.25, -0.2) is 9.36 Å². The first kappa shape index (κ1) is 12.1. The third kappa shape index (κ3) is 2.87. The molecule has 1 aromatic heterocycles. The number of rotatable bonds is 1. The number of hydrogen-bond donors (Lipinski definition) is 0. The molecule has 0 spiro atoms. The van der Waals surface area contributed by atoms with Crippen molar-refractivity contribution >= 4 is 6.03 Å². The van der Waals surface area contributed by atoms with Crippen LogP contribution in [0.25, 0.3) is 0 Å². The van der Waals surface area contributed by atoms with Gasteiger partial charge in [-0.3, -0.25) is 0 Å². The Morgan fingerprint density at radius 1 is 1.29 bits per heavy atom. The van der Waals surface area contributed by atoms with Gasteiger partial charge < -0.3 is 4.90 Å². The van der Waals surface area contributed by atoms with Crippen molar-refractivity contribution in [2.45, 2.75) is 44.6 Å². The lowest BCUT2D eigenvalue weighted by Gasteiger charge is -2.24. The predicted molar refractivity (Wildman–Crippen MR) is 65.7 cm³/mol. The molecule has 17 heavy (non-hydrogen) atoms. The molecule has 0 aliphatic heterocycles. The van der Waals surface area contributed by atoms with Gasteiger partial charge in [-0.1, -0.05) is 25.7 Å². The Hall–Kier alpha value is -1.32. The van der Waals surface area contributed by atoms with Gasteiger partial charge in [-0.05, 0) is 12.8 Å². The van der Waals surface area contributed by atoms with Gasteiger partial charge in [0.05, 0.1) is 7.05 Å². The summed E-state index contributed by atoms with van der Waals surface area (Å²) in [6.07, 6.45) is 13.0. The Morgan fingerprint density at radius 2 is 1.94 bits per heavy atom. The monoisotopic (exact) mass is 236 g/mol. The molecule has 0 bridgehead atoms. The maximum Gasteiger partial charge on any atom is 0.415 e. The van der Waals surface area contributed by atoms with Gasteiger partial charge >= 0.3 is 6.03 Å². The molecule has 1 amide bonds. The third-order valence-corrected chi connectivity index (χ3v) is 3.66. The van der Waals surface area contributed by atoms with Crippen molar-refractivity contribution in [3.8, 4) is 0 Å². The third-order valence-electron chi connectivity index (χ3n) is 3.66. The molecular formula is C13H22N3O+. The summed E-state index contributed by atoms with van der Waals surface area (Å²) >= 11 is 0. The van der Waals surface area contributed by atoms with Gasteiger partial charge in [-0.15, -0.1) is 0 Å². The summed E-state index contributed by atoms with van der Waals surface area (Å²) in [7, 11) is 3.85. The lowest BCUT2D eigenvalue weighted by atomic mass is 10.1. The highest BCUT2D eigenvalue weighted by Crippen LogP contribution is 2.21. The minimum Gasteiger partial charge on any atom is -0.304 e. The van der Waals surface area contributed by atoms with Crippen LogP contribution in [0, 0.1) is 0 Å². The Bertz CT molecular complexity index is 378. The van der Waals surface area contributed by atoms with E-state index in [4.69, 9.17) is 0 Å². The zero-order valence-electron chi connectivity index (χ0n) is 10.8. The van der Waals surface area contributed by atoms with Crippen LogP contribution in [0.3, 0.4) is 0 Å². The van der Waals surface area contributed by atoms with E-state index in [9.17, 15) is 4.79 Å². The molecule has 1 aliphatic rings. The molecule has 2 rings (SSSR count). The van der Waals surface area contributed by atoms with Gasteiger partial charge in [0.2, 0.25) is 0 Å². The lowest BCUT2D eigenvalue weighted by Crippen LogP contribution is -2.39. The first-order chi connectivity index (χ1) is 8.18. The number of hydrogen-bond acceptors (Lipinski definition) is 1. The number of aromatic nitrogens is 2. The second kappa shape index (κ2) is 5.34. The molecule has 0 saturated heterocycles. The maximum atomic E-state index is 12.2. The number of nitrogens with zero attached hydrogens (tertiary/aromatic N) is 3. The maximum absolute atomic E-state index is 12.2. The molecule has 0 aromatic carbocycles. The molecular weight excluding hydrogens is 214 g/mol. The quantitative estimate of drug-likeness (QED) is 0.541. The van der Waals surface area contributed by atoms with E-state index in [0.29, 0.717) is 6.04 Å². The van der Waals surface area contributed by atoms with E-state index in [2.05, 4.69) is 0 Å². The molecule has 1 aromatic rings. The topological polar surface area (TPSA) is 29.1 Å². The van der Waals surface area contributed by atoms with E-state index in [1.165, 1.54) is 25.7 Å². The van der Waals surface area contributed by atoms with Crippen molar-refractivity contribution in [3.05, 3.63) is 18.7 Å². The van der Waals surface area contributed by atoms with E-state index >= 15 is 0 Å². The zero-order valence-corrected chi connectivity index (χ0v) is 10.8. The van der Waals surface area contributed by atoms with Crippen molar-refractivity contribution in [1.82, 2.24) is 9.47 Å². The summed E-state index contributed by atoms with van der Waals surface area (Å²) in [6.45, 7) is 0.